The summed E-state index contributed by atoms with van der Waals surface area (Å²) in [5.74, 6) is -0.149. The molecule has 0 unspecified atom stereocenters. The number of aromatic nitrogens is 1. The maximum absolute atomic E-state index is 13.1. The second-order valence-electron chi connectivity index (χ2n) is 5.77. The summed E-state index contributed by atoms with van der Waals surface area (Å²) in [6.07, 6.45) is -3.34. The minimum Gasteiger partial charge on any atom is -0.487 e. The fraction of sp³-hybridized carbons (Fsp3) is 0.316. The smallest absolute Gasteiger partial charge is 0.416 e. The van der Waals surface area contributed by atoms with Crippen LogP contribution in [0.4, 0.5) is 23.8 Å². The van der Waals surface area contributed by atoms with E-state index in [1.807, 2.05) is 13.8 Å². The number of hydrogen-bond acceptors (Lipinski definition) is 4. The highest BCUT2D eigenvalue weighted by molar-refractivity contribution is 6.31. The first-order valence-corrected chi connectivity index (χ1v) is 9.08. The molecular weight excluding hydrogens is 411 g/mol. The number of imide groups is 1. The van der Waals surface area contributed by atoms with Gasteiger partial charge in [-0.05, 0) is 24.3 Å². The molecule has 0 spiro atoms. The van der Waals surface area contributed by atoms with Crippen LogP contribution in [0.2, 0.25) is 5.02 Å². The Morgan fingerprint density at radius 3 is 2.38 bits per heavy atom. The Kier molecular flexibility index (Phi) is 7.07. The molecule has 1 saturated heterocycles. The van der Waals surface area contributed by atoms with Crippen molar-refractivity contribution in [1.82, 2.24) is 9.88 Å². The van der Waals surface area contributed by atoms with Gasteiger partial charge in [-0.15, -0.1) is 0 Å². The number of rotatable bonds is 4. The molecule has 0 N–H and O–H groups in total. The summed E-state index contributed by atoms with van der Waals surface area (Å²) in [5.41, 5.74) is -1.07. The molecule has 1 fully saturated rings. The van der Waals surface area contributed by atoms with Gasteiger partial charge in [0.1, 0.15) is 24.7 Å². The topological polar surface area (TPSA) is 62.7 Å². The Labute approximate surface area is 170 Å². The van der Waals surface area contributed by atoms with E-state index >= 15 is 0 Å². The molecule has 0 radical (unpaired) electrons. The quantitative estimate of drug-likeness (QED) is 0.657. The lowest BCUT2D eigenvalue weighted by molar-refractivity contribution is -0.138. The number of carbonyl (C=O) groups is 2. The van der Waals surface area contributed by atoms with Crippen molar-refractivity contribution in [1.29, 1.82) is 0 Å². The van der Waals surface area contributed by atoms with Crippen LogP contribution in [0.5, 0.6) is 5.75 Å². The number of nitrogens with zero attached hydrogens (tertiary/aromatic N) is 3. The van der Waals surface area contributed by atoms with Crippen LogP contribution in [-0.4, -0.2) is 35.4 Å². The van der Waals surface area contributed by atoms with Crippen molar-refractivity contribution in [3.63, 3.8) is 0 Å². The number of pyridine rings is 1. The van der Waals surface area contributed by atoms with Gasteiger partial charge >= 0.3 is 12.2 Å². The fourth-order valence-electron chi connectivity index (χ4n) is 2.56. The Morgan fingerprint density at radius 2 is 1.86 bits per heavy atom. The first kappa shape index (κ1) is 22.5. The van der Waals surface area contributed by atoms with Gasteiger partial charge in [-0.1, -0.05) is 31.5 Å². The van der Waals surface area contributed by atoms with Gasteiger partial charge in [0.25, 0.3) is 5.91 Å². The average molecular weight is 430 g/mol. The third-order valence-corrected chi connectivity index (χ3v) is 4.25. The summed E-state index contributed by atoms with van der Waals surface area (Å²) >= 11 is 5.88. The van der Waals surface area contributed by atoms with Crippen molar-refractivity contribution >= 4 is 29.4 Å². The first-order chi connectivity index (χ1) is 13.7. The molecule has 156 valence electrons. The Morgan fingerprint density at radius 1 is 1.17 bits per heavy atom. The molecule has 1 aliphatic heterocycles. The normalized spacial score (nSPS) is 14.0. The van der Waals surface area contributed by atoms with E-state index in [9.17, 15) is 22.8 Å². The number of amides is 3. The molecule has 10 heteroatoms. The highest BCUT2D eigenvalue weighted by atomic mass is 35.5. The molecule has 2 heterocycles. The van der Waals surface area contributed by atoms with E-state index in [0.717, 1.165) is 11.0 Å². The molecule has 0 bridgehead atoms. The van der Waals surface area contributed by atoms with Gasteiger partial charge in [0.05, 0.1) is 11.8 Å². The number of ether oxygens (including phenoxy) is 1. The number of hydrogen-bond donors (Lipinski definition) is 0. The van der Waals surface area contributed by atoms with Crippen LogP contribution in [0.1, 0.15) is 25.0 Å². The number of carbonyl (C=O) groups excluding carboxylic acids is 2. The third-order valence-electron chi connectivity index (χ3n) is 3.90. The lowest BCUT2D eigenvalue weighted by atomic mass is 10.1. The molecule has 29 heavy (non-hydrogen) atoms. The van der Waals surface area contributed by atoms with Gasteiger partial charge in [-0.3, -0.25) is 4.79 Å². The van der Waals surface area contributed by atoms with Gasteiger partial charge in [-0.25, -0.2) is 14.7 Å². The van der Waals surface area contributed by atoms with Crippen molar-refractivity contribution in [3.05, 3.63) is 52.7 Å². The second-order valence-corrected chi connectivity index (χ2v) is 6.18. The number of halogens is 4. The fourth-order valence-corrected chi connectivity index (χ4v) is 2.79. The van der Waals surface area contributed by atoms with E-state index in [4.69, 9.17) is 16.3 Å². The molecule has 6 nitrogen and oxygen atoms in total. The predicted molar refractivity (Wildman–Crippen MR) is 102 cm³/mol. The zero-order valence-electron chi connectivity index (χ0n) is 16.0. The largest absolute Gasteiger partial charge is 0.487 e. The molecule has 1 aromatic heterocycles. The Bertz CT molecular complexity index is 889. The van der Waals surface area contributed by atoms with Gasteiger partial charge in [0.2, 0.25) is 0 Å². The van der Waals surface area contributed by atoms with Crippen LogP contribution in [-0.2, 0) is 17.6 Å². The van der Waals surface area contributed by atoms with Crippen molar-refractivity contribution < 1.29 is 27.5 Å². The van der Waals surface area contributed by atoms with E-state index in [2.05, 4.69) is 4.98 Å². The van der Waals surface area contributed by atoms with Crippen molar-refractivity contribution in [2.75, 3.05) is 18.5 Å². The minimum absolute atomic E-state index is 0.0501. The molecule has 0 saturated carbocycles. The Hall–Kier alpha value is -2.81. The summed E-state index contributed by atoms with van der Waals surface area (Å²) < 4.78 is 44.6. The molecule has 1 aromatic carbocycles. The molecule has 3 amide bonds. The molecular formula is C19H19ClF3N3O3. The molecule has 0 atom stereocenters. The van der Waals surface area contributed by atoms with Crippen LogP contribution in [0.3, 0.4) is 0 Å². The summed E-state index contributed by atoms with van der Waals surface area (Å²) in [5, 5.41) is -0.0642. The number of urea groups is 1. The third kappa shape index (κ3) is 4.97. The number of anilines is 1. The molecule has 0 aliphatic carbocycles. The van der Waals surface area contributed by atoms with Crippen LogP contribution in [0.25, 0.3) is 0 Å². The van der Waals surface area contributed by atoms with Gasteiger partial charge in [0.15, 0.2) is 0 Å². The minimum atomic E-state index is -4.56. The van der Waals surface area contributed by atoms with Gasteiger partial charge in [-0.2, -0.15) is 13.2 Å². The average Bonchev–Trinajstić information content (AvgIpc) is 2.94. The van der Waals surface area contributed by atoms with Crippen molar-refractivity contribution in [2.24, 2.45) is 0 Å². The van der Waals surface area contributed by atoms with E-state index in [1.165, 1.54) is 42.4 Å². The monoisotopic (exact) mass is 429 g/mol. The molecule has 3 rings (SSSR count). The lowest BCUT2D eigenvalue weighted by Gasteiger charge is -2.16. The summed E-state index contributed by atoms with van der Waals surface area (Å²) in [6, 6.07) is 5.76. The first-order valence-electron chi connectivity index (χ1n) is 8.70. The highest BCUT2D eigenvalue weighted by Gasteiger charge is 2.36. The zero-order chi connectivity index (χ0) is 21.8. The second kappa shape index (κ2) is 9.13. The van der Waals surface area contributed by atoms with E-state index < -0.39 is 30.3 Å². The number of benzene rings is 1. The summed E-state index contributed by atoms with van der Waals surface area (Å²) in [4.78, 5) is 29.9. The molecule has 2 aromatic rings. The Balaban J connectivity index is 0.00000145. The van der Waals surface area contributed by atoms with Crippen LogP contribution in [0.15, 0.2) is 36.5 Å². The van der Waals surface area contributed by atoms with E-state index in [-0.39, 0.29) is 28.7 Å². The summed E-state index contributed by atoms with van der Waals surface area (Å²) in [7, 11) is 1.49. The van der Waals surface area contributed by atoms with Crippen molar-refractivity contribution in [2.45, 2.75) is 26.6 Å². The van der Waals surface area contributed by atoms with Crippen LogP contribution < -0.4 is 9.64 Å². The number of likely N-dealkylation sites (N-methyl/N-ethyl adjacent to an activating group) is 1. The van der Waals surface area contributed by atoms with Crippen LogP contribution in [0, 0.1) is 0 Å². The van der Waals surface area contributed by atoms with Gasteiger partial charge in [0, 0.05) is 17.6 Å². The lowest BCUT2D eigenvalue weighted by Crippen LogP contribution is -2.32. The van der Waals surface area contributed by atoms with Crippen LogP contribution >= 0.6 is 11.6 Å². The maximum atomic E-state index is 13.1. The van der Waals surface area contributed by atoms with Crippen molar-refractivity contribution in [3.8, 4) is 5.75 Å². The maximum Gasteiger partial charge on any atom is 0.416 e. The zero-order valence-corrected chi connectivity index (χ0v) is 16.7. The standard InChI is InChI=1S/C17H13ClF3N3O3.C2H6/c1-23-8-15(25)24(16(23)26)14-6-5-10(7-22-14)27-9-11-12(17(19,20)21)3-2-4-13(11)18;1-2/h2-7H,8-9H2,1H3;1-2H3. The van der Waals surface area contributed by atoms with Gasteiger partial charge < -0.3 is 9.64 Å². The SMILES string of the molecule is CC.CN1CC(=O)N(c2ccc(OCc3c(Cl)cccc3C(F)(F)F)cn2)C1=O. The predicted octanol–water partition coefficient (Wildman–Crippen LogP) is 4.76. The van der Waals surface area contributed by atoms with E-state index in [1.54, 1.807) is 0 Å². The number of alkyl halides is 3. The summed E-state index contributed by atoms with van der Waals surface area (Å²) in [6.45, 7) is 3.53. The van der Waals surface area contributed by atoms with E-state index in [0.29, 0.717) is 0 Å². The highest BCUT2D eigenvalue weighted by Crippen LogP contribution is 2.35. The molecule has 1 aliphatic rings.